The van der Waals surface area contributed by atoms with Crippen molar-refractivity contribution in [2.24, 2.45) is 0 Å². The predicted molar refractivity (Wildman–Crippen MR) is 107 cm³/mol. The van der Waals surface area contributed by atoms with E-state index in [1.54, 1.807) is 24.3 Å². The van der Waals surface area contributed by atoms with Crippen LogP contribution < -0.4 is 15.4 Å². The van der Waals surface area contributed by atoms with Crippen molar-refractivity contribution in [1.82, 2.24) is 5.32 Å². The molecule has 0 spiro atoms. The fourth-order valence-corrected chi connectivity index (χ4v) is 2.64. The third-order valence-electron chi connectivity index (χ3n) is 3.98. The van der Waals surface area contributed by atoms with Crippen molar-refractivity contribution in [2.45, 2.75) is 19.4 Å². The van der Waals surface area contributed by atoms with E-state index in [9.17, 15) is 24.5 Å². The standard InChI is InChI=1S/C20H21N3O7/c1-13(24)21-17(14-6-4-3-5-7-14)11-20(26)30-12-19(25)22-16-9-8-15(23(27)28)10-18(16)29-2/h3-10,17H,11-12H2,1-2H3,(H,21,24)(H,22,25)/t17-/m1/s1. The first-order chi connectivity index (χ1) is 14.3. The highest BCUT2D eigenvalue weighted by molar-refractivity contribution is 5.94. The number of amides is 2. The Morgan fingerprint density at radius 2 is 1.83 bits per heavy atom. The van der Waals surface area contributed by atoms with E-state index in [1.165, 1.54) is 32.2 Å². The number of hydrogen-bond acceptors (Lipinski definition) is 7. The van der Waals surface area contributed by atoms with Gasteiger partial charge in [-0.3, -0.25) is 24.5 Å². The van der Waals surface area contributed by atoms with Gasteiger partial charge >= 0.3 is 5.97 Å². The van der Waals surface area contributed by atoms with Crippen LogP contribution in [0, 0.1) is 10.1 Å². The molecule has 158 valence electrons. The molecule has 1 atom stereocenters. The molecule has 0 bridgehead atoms. The van der Waals surface area contributed by atoms with E-state index in [2.05, 4.69) is 10.6 Å². The normalized spacial score (nSPS) is 11.1. The molecule has 10 heteroatoms. The van der Waals surface area contributed by atoms with Crippen LogP contribution in [0.1, 0.15) is 24.9 Å². The van der Waals surface area contributed by atoms with E-state index >= 15 is 0 Å². The van der Waals surface area contributed by atoms with Gasteiger partial charge in [-0.15, -0.1) is 0 Å². The number of anilines is 1. The van der Waals surface area contributed by atoms with Crippen molar-refractivity contribution in [3.05, 3.63) is 64.2 Å². The highest BCUT2D eigenvalue weighted by Gasteiger charge is 2.19. The largest absolute Gasteiger partial charge is 0.494 e. The average molecular weight is 415 g/mol. The summed E-state index contributed by atoms with van der Waals surface area (Å²) in [6.45, 7) is 0.771. The molecule has 0 aliphatic carbocycles. The van der Waals surface area contributed by atoms with Crippen molar-refractivity contribution < 1.29 is 28.8 Å². The molecule has 0 aliphatic heterocycles. The number of esters is 1. The number of benzene rings is 2. The molecule has 0 saturated heterocycles. The number of non-ortho nitro benzene ring substituents is 1. The molecule has 0 saturated carbocycles. The third-order valence-corrected chi connectivity index (χ3v) is 3.98. The van der Waals surface area contributed by atoms with Crippen molar-refractivity contribution in [3.8, 4) is 5.75 Å². The molecular formula is C20H21N3O7. The van der Waals surface area contributed by atoms with Crippen molar-refractivity contribution >= 4 is 29.2 Å². The number of nitro groups is 1. The molecule has 0 unspecified atom stereocenters. The molecule has 2 N–H and O–H groups in total. The summed E-state index contributed by atoms with van der Waals surface area (Å²) in [4.78, 5) is 45.9. The zero-order valence-corrected chi connectivity index (χ0v) is 16.4. The lowest BCUT2D eigenvalue weighted by Crippen LogP contribution is -2.29. The highest BCUT2D eigenvalue weighted by Crippen LogP contribution is 2.28. The van der Waals surface area contributed by atoms with Crippen molar-refractivity contribution in [2.75, 3.05) is 19.0 Å². The minimum absolute atomic E-state index is 0.0960. The van der Waals surface area contributed by atoms with Crippen LogP contribution in [-0.2, 0) is 19.1 Å². The van der Waals surface area contributed by atoms with Gasteiger partial charge < -0.3 is 20.1 Å². The topological polar surface area (TPSA) is 137 Å². The van der Waals surface area contributed by atoms with E-state index in [1.807, 2.05) is 6.07 Å². The fourth-order valence-electron chi connectivity index (χ4n) is 2.64. The van der Waals surface area contributed by atoms with Crippen molar-refractivity contribution in [3.63, 3.8) is 0 Å². The van der Waals surface area contributed by atoms with Gasteiger partial charge in [0.15, 0.2) is 6.61 Å². The Hall–Kier alpha value is -3.95. The van der Waals surface area contributed by atoms with Gasteiger partial charge in [-0.1, -0.05) is 30.3 Å². The van der Waals surface area contributed by atoms with Gasteiger partial charge in [-0.2, -0.15) is 0 Å². The van der Waals surface area contributed by atoms with Crippen LogP contribution in [0.15, 0.2) is 48.5 Å². The number of carbonyl (C=O) groups is 3. The molecule has 0 fully saturated rings. The van der Waals surface area contributed by atoms with Gasteiger partial charge in [-0.05, 0) is 11.6 Å². The minimum atomic E-state index is -0.677. The molecule has 0 aromatic heterocycles. The number of nitrogens with one attached hydrogen (secondary N) is 2. The zero-order chi connectivity index (χ0) is 22.1. The summed E-state index contributed by atoms with van der Waals surface area (Å²) in [7, 11) is 1.31. The number of ether oxygens (including phenoxy) is 2. The summed E-state index contributed by atoms with van der Waals surface area (Å²) in [6.07, 6.45) is -0.155. The molecule has 0 aliphatic rings. The van der Waals surface area contributed by atoms with Gasteiger partial charge in [0.05, 0.1) is 36.2 Å². The SMILES string of the molecule is COc1cc([N+](=O)[O-])ccc1NC(=O)COC(=O)C[C@@H](NC(C)=O)c1ccccc1. The lowest BCUT2D eigenvalue weighted by Gasteiger charge is -2.17. The van der Waals surface area contributed by atoms with Crippen molar-refractivity contribution in [1.29, 1.82) is 0 Å². The van der Waals surface area contributed by atoms with E-state index in [0.717, 1.165) is 5.56 Å². The van der Waals surface area contributed by atoms with Crippen LogP contribution in [0.2, 0.25) is 0 Å². The lowest BCUT2D eigenvalue weighted by atomic mass is 10.0. The second-order valence-corrected chi connectivity index (χ2v) is 6.22. The summed E-state index contributed by atoms with van der Waals surface area (Å²) in [5, 5.41) is 16.0. The Kier molecular flexibility index (Phi) is 7.86. The average Bonchev–Trinajstić information content (AvgIpc) is 2.72. The first-order valence-electron chi connectivity index (χ1n) is 8.90. The molecule has 0 radical (unpaired) electrons. The van der Waals surface area contributed by atoms with Crippen LogP contribution in [0.4, 0.5) is 11.4 Å². The van der Waals surface area contributed by atoms with Crippen LogP contribution in [-0.4, -0.2) is 36.4 Å². The molecular weight excluding hydrogens is 394 g/mol. The smallest absolute Gasteiger partial charge is 0.308 e. The zero-order valence-electron chi connectivity index (χ0n) is 16.4. The first-order valence-corrected chi connectivity index (χ1v) is 8.90. The van der Waals surface area contributed by atoms with Gasteiger partial charge in [-0.25, -0.2) is 0 Å². The molecule has 2 aromatic rings. The van der Waals surface area contributed by atoms with E-state index in [0.29, 0.717) is 0 Å². The van der Waals surface area contributed by atoms with Crippen LogP contribution >= 0.6 is 0 Å². The summed E-state index contributed by atoms with van der Waals surface area (Å²) < 4.78 is 10.0. The molecule has 2 aromatic carbocycles. The second-order valence-electron chi connectivity index (χ2n) is 6.22. The van der Waals surface area contributed by atoms with E-state index < -0.39 is 29.4 Å². The Morgan fingerprint density at radius 3 is 2.43 bits per heavy atom. The monoisotopic (exact) mass is 415 g/mol. The molecule has 30 heavy (non-hydrogen) atoms. The summed E-state index contributed by atoms with van der Waals surface area (Å²) in [5.74, 6) is -1.53. The predicted octanol–water partition coefficient (Wildman–Crippen LogP) is 2.35. The lowest BCUT2D eigenvalue weighted by molar-refractivity contribution is -0.384. The summed E-state index contributed by atoms with van der Waals surface area (Å²) >= 11 is 0. The number of nitro benzene ring substituents is 1. The molecule has 0 heterocycles. The number of methoxy groups -OCH3 is 1. The number of rotatable bonds is 9. The molecule has 2 amide bonds. The van der Waals surface area contributed by atoms with Gasteiger partial charge in [0.25, 0.3) is 11.6 Å². The Bertz CT molecular complexity index is 931. The third kappa shape index (κ3) is 6.59. The maximum Gasteiger partial charge on any atom is 0.308 e. The highest BCUT2D eigenvalue weighted by atomic mass is 16.6. The van der Waals surface area contributed by atoms with E-state index in [4.69, 9.17) is 9.47 Å². The van der Waals surface area contributed by atoms with E-state index in [-0.39, 0.29) is 29.5 Å². The maximum absolute atomic E-state index is 12.2. The Labute approximate surface area is 172 Å². The van der Waals surface area contributed by atoms with Gasteiger partial charge in [0.1, 0.15) is 5.75 Å². The second kappa shape index (κ2) is 10.6. The minimum Gasteiger partial charge on any atom is -0.494 e. The fraction of sp³-hybridized carbons (Fsp3) is 0.250. The van der Waals surface area contributed by atoms with Crippen LogP contribution in [0.3, 0.4) is 0 Å². The number of hydrogen-bond donors (Lipinski definition) is 2. The molecule has 2 rings (SSSR count). The molecule has 10 nitrogen and oxygen atoms in total. The van der Waals surface area contributed by atoms with Gasteiger partial charge in [0, 0.05) is 13.0 Å². The van der Waals surface area contributed by atoms with Gasteiger partial charge in [0.2, 0.25) is 5.91 Å². The Morgan fingerprint density at radius 1 is 1.13 bits per heavy atom. The van der Waals surface area contributed by atoms with Crippen LogP contribution in [0.5, 0.6) is 5.75 Å². The summed E-state index contributed by atoms with van der Waals surface area (Å²) in [6, 6.07) is 12.0. The summed E-state index contributed by atoms with van der Waals surface area (Å²) in [5.41, 5.74) is 0.732. The quantitative estimate of drug-likeness (QED) is 0.364. The first kappa shape index (κ1) is 22.3. The number of carbonyl (C=O) groups excluding carboxylic acids is 3. The Balaban J connectivity index is 1.94. The van der Waals surface area contributed by atoms with Crippen LogP contribution in [0.25, 0.3) is 0 Å². The number of nitrogens with zero attached hydrogens (tertiary/aromatic N) is 1. The maximum atomic E-state index is 12.2.